The van der Waals surface area contributed by atoms with E-state index >= 15 is 0 Å². The monoisotopic (exact) mass is 426 g/mol. The normalized spacial score (nSPS) is 11.7. The topological polar surface area (TPSA) is 62.0 Å². The molecular formula is C20H15ClF4N2O2. The summed E-state index contributed by atoms with van der Waals surface area (Å²) in [6, 6.07) is 7.68. The first-order valence-corrected chi connectivity index (χ1v) is 8.91. The average Bonchev–Trinajstić information content (AvgIpc) is 2.62. The fraction of sp³-hybridized carbons (Fsp3) is 0.200. The van der Waals surface area contributed by atoms with Gasteiger partial charge in [-0.2, -0.15) is 13.2 Å². The summed E-state index contributed by atoms with van der Waals surface area (Å²) < 4.78 is 53.3. The van der Waals surface area contributed by atoms with E-state index < -0.39 is 34.4 Å². The van der Waals surface area contributed by atoms with E-state index in [9.17, 15) is 27.2 Å². The smallest absolute Gasteiger partial charge is 0.383 e. The number of hydrogen-bond acceptors (Lipinski definition) is 3. The highest BCUT2D eigenvalue weighted by Gasteiger charge is 2.34. The summed E-state index contributed by atoms with van der Waals surface area (Å²) in [6.45, 7) is 1.34. The Morgan fingerprint density at radius 2 is 1.83 bits per heavy atom. The first-order valence-electron chi connectivity index (χ1n) is 8.54. The first kappa shape index (κ1) is 20.9. The SMILES string of the molecule is CC(=O)c1c(NCCc2ccc(F)cc2)c2cc(Cl)cc(C(F)(F)F)c2[nH]c1=O. The number of rotatable bonds is 5. The summed E-state index contributed by atoms with van der Waals surface area (Å²) in [5, 5.41) is 2.68. The molecule has 0 radical (unpaired) electrons. The molecule has 0 fully saturated rings. The summed E-state index contributed by atoms with van der Waals surface area (Å²) in [6.07, 6.45) is -4.37. The van der Waals surface area contributed by atoms with E-state index in [-0.39, 0.29) is 28.2 Å². The lowest BCUT2D eigenvalue weighted by Crippen LogP contribution is -2.22. The Morgan fingerprint density at radius 1 is 1.17 bits per heavy atom. The third kappa shape index (κ3) is 4.42. The van der Waals surface area contributed by atoms with Crippen molar-refractivity contribution in [3.05, 3.63) is 74.3 Å². The summed E-state index contributed by atoms with van der Waals surface area (Å²) in [7, 11) is 0. The molecule has 0 unspecified atom stereocenters. The van der Waals surface area contributed by atoms with Crippen molar-refractivity contribution in [3.8, 4) is 0 Å². The lowest BCUT2D eigenvalue weighted by atomic mass is 10.0. The van der Waals surface area contributed by atoms with Crippen molar-refractivity contribution in [1.82, 2.24) is 4.98 Å². The minimum atomic E-state index is -4.75. The van der Waals surface area contributed by atoms with E-state index in [2.05, 4.69) is 10.3 Å². The molecule has 0 atom stereocenters. The number of fused-ring (bicyclic) bond motifs is 1. The van der Waals surface area contributed by atoms with Crippen LogP contribution in [0.1, 0.15) is 28.4 Å². The number of Topliss-reactive ketones (excluding diaryl/α,β-unsaturated/α-hetero) is 1. The molecule has 0 aliphatic heterocycles. The molecule has 0 bridgehead atoms. The summed E-state index contributed by atoms with van der Waals surface area (Å²) in [5.41, 5.74) is -2.03. The molecule has 3 rings (SSSR count). The Hall–Kier alpha value is -2.87. The maximum Gasteiger partial charge on any atom is 0.418 e. The van der Waals surface area contributed by atoms with Crippen LogP contribution in [0.15, 0.2) is 41.2 Å². The number of alkyl halides is 3. The van der Waals surface area contributed by atoms with E-state index in [1.54, 1.807) is 12.1 Å². The first-order chi connectivity index (χ1) is 13.6. The van der Waals surface area contributed by atoms with Gasteiger partial charge in [0.15, 0.2) is 5.78 Å². The maximum atomic E-state index is 13.4. The molecule has 0 amide bonds. The highest BCUT2D eigenvalue weighted by Crippen LogP contribution is 2.38. The van der Waals surface area contributed by atoms with Gasteiger partial charge in [0.2, 0.25) is 0 Å². The number of pyridine rings is 1. The number of benzene rings is 2. The summed E-state index contributed by atoms with van der Waals surface area (Å²) in [5.74, 6) is -0.999. The average molecular weight is 427 g/mol. The van der Waals surface area contributed by atoms with E-state index in [0.717, 1.165) is 18.6 Å². The number of hydrogen-bond donors (Lipinski definition) is 2. The second kappa shape index (κ2) is 7.87. The number of nitrogens with one attached hydrogen (secondary N) is 2. The molecule has 0 aliphatic carbocycles. The van der Waals surface area contributed by atoms with Gasteiger partial charge in [-0.05, 0) is 43.2 Å². The lowest BCUT2D eigenvalue weighted by Gasteiger charge is -2.17. The van der Waals surface area contributed by atoms with Gasteiger partial charge in [0, 0.05) is 17.0 Å². The van der Waals surface area contributed by atoms with Crippen molar-refractivity contribution < 1.29 is 22.4 Å². The Kier molecular flexibility index (Phi) is 5.66. The van der Waals surface area contributed by atoms with E-state index in [1.165, 1.54) is 18.2 Å². The molecule has 3 aromatic rings. The van der Waals surface area contributed by atoms with Crippen molar-refractivity contribution >= 4 is 34.0 Å². The van der Waals surface area contributed by atoms with Gasteiger partial charge < -0.3 is 10.3 Å². The van der Waals surface area contributed by atoms with Crippen LogP contribution in [0.5, 0.6) is 0 Å². The molecule has 1 heterocycles. The van der Waals surface area contributed by atoms with Gasteiger partial charge >= 0.3 is 6.18 Å². The largest absolute Gasteiger partial charge is 0.418 e. The fourth-order valence-corrected chi connectivity index (χ4v) is 3.31. The van der Waals surface area contributed by atoms with Crippen LogP contribution in [0, 0.1) is 5.82 Å². The van der Waals surface area contributed by atoms with Gasteiger partial charge in [0.1, 0.15) is 11.4 Å². The van der Waals surface area contributed by atoms with Gasteiger partial charge in [-0.1, -0.05) is 23.7 Å². The second-order valence-corrected chi connectivity index (χ2v) is 6.87. The predicted molar refractivity (Wildman–Crippen MR) is 103 cm³/mol. The molecule has 1 aromatic heterocycles. The molecule has 0 saturated carbocycles. The van der Waals surface area contributed by atoms with Crippen LogP contribution in [0.4, 0.5) is 23.2 Å². The zero-order valence-corrected chi connectivity index (χ0v) is 15.8. The molecule has 4 nitrogen and oxygen atoms in total. The number of aromatic amines is 1. The van der Waals surface area contributed by atoms with E-state index in [1.807, 2.05) is 0 Å². The standard InChI is InChI=1S/C20H15ClF4N2O2/c1-10(28)16-18(26-7-6-11-2-4-13(22)5-3-11)14-8-12(21)9-15(20(23,24)25)17(14)27-19(16)29/h2-5,8-9H,6-7H2,1H3,(H2,26,27,29). The fourth-order valence-electron chi connectivity index (χ4n) is 3.09. The zero-order valence-electron chi connectivity index (χ0n) is 15.1. The van der Waals surface area contributed by atoms with Gasteiger partial charge in [-0.3, -0.25) is 9.59 Å². The predicted octanol–water partition coefficient (Wildman–Crippen LogP) is 5.20. The number of ketones is 1. The number of carbonyl (C=O) groups is 1. The molecule has 0 saturated heterocycles. The minimum Gasteiger partial charge on any atom is -0.383 e. The maximum absolute atomic E-state index is 13.4. The van der Waals surface area contributed by atoms with Crippen molar-refractivity contribution in [2.75, 3.05) is 11.9 Å². The number of aromatic nitrogens is 1. The summed E-state index contributed by atoms with van der Waals surface area (Å²) in [4.78, 5) is 26.5. The van der Waals surface area contributed by atoms with Crippen LogP contribution in [-0.2, 0) is 12.6 Å². The quantitative estimate of drug-likeness (QED) is 0.435. The van der Waals surface area contributed by atoms with Crippen molar-refractivity contribution in [3.63, 3.8) is 0 Å². The highest BCUT2D eigenvalue weighted by atomic mass is 35.5. The number of H-pyrrole nitrogens is 1. The van der Waals surface area contributed by atoms with Gasteiger partial charge in [0.25, 0.3) is 5.56 Å². The molecule has 0 aliphatic rings. The van der Waals surface area contributed by atoms with Crippen LogP contribution in [0.25, 0.3) is 10.9 Å². The molecule has 29 heavy (non-hydrogen) atoms. The zero-order chi connectivity index (χ0) is 21.3. The molecule has 9 heteroatoms. The molecule has 152 valence electrons. The summed E-state index contributed by atoms with van der Waals surface area (Å²) >= 11 is 5.88. The Balaban J connectivity index is 2.11. The van der Waals surface area contributed by atoms with Crippen LogP contribution < -0.4 is 10.9 Å². The van der Waals surface area contributed by atoms with Gasteiger partial charge in [-0.15, -0.1) is 0 Å². The van der Waals surface area contributed by atoms with Crippen LogP contribution >= 0.6 is 11.6 Å². The number of halogens is 5. The van der Waals surface area contributed by atoms with E-state index in [4.69, 9.17) is 11.6 Å². The Labute approximate surface area is 167 Å². The van der Waals surface area contributed by atoms with Crippen molar-refractivity contribution in [2.24, 2.45) is 0 Å². The van der Waals surface area contributed by atoms with Crippen molar-refractivity contribution in [2.45, 2.75) is 19.5 Å². The third-order valence-corrected chi connectivity index (χ3v) is 4.59. The molecular weight excluding hydrogens is 412 g/mol. The highest BCUT2D eigenvalue weighted by molar-refractivity contribution is 6.31. The van der Waals surface area contributed by atoms with Crippen LogP contribution in [-0.4, -0.2) is 17.3 Å². The minimum absolute atomic E-state index is 0.0197. The Bertz CT molecular complexity index is 1140. The van der Waals surface area contributed by atoms with Crippen molar-refractivity contribution in [1.29, 1.82) is 0 Å². The number of anilines is 1. The van der Waals surface area contributed by atoms with Crippen LogP contribution in [0.3, 0.4) is 0 Å². The number of carbonyl (C=O) groups excluding carboxylic acids is 1. The van der Waals surface area contributed by atoms with Gasteiger partial charge in [-0.25, -0.2) is 4.39 Å². The molecule has 0 spiro atoms. The second-order valence-electron chi connectivity index (χ2n) is 6.44. The lowest BCUT2D eigenvalue weighted by molar-refractivity contribution is -0.136. The van der Waals surface area contributed by atoms with Gasteiger partial charge in [0.05, 0.1) is 16.8 Å². The molecule has 2 aromatic carbocycles. The third-order valence-electron chi connectivity index (χ3n) is 4.37. The van der Waals surface area contributed by atoms with Crippen LogP contribution in [0.2, 0.25) is 5.02 Å². The Morgan fingerprint density at radius 3 is 2.41 bits per heavy atom. The molecule has 2 N–H and O–H groups in total. The van der Waals surface area contributed by atoms with E-state index in [0.29, 0.717) is 6.42 Å².